The summed E-state index contributed by atoms with van der Waals surface area (Å²) < 4.78 is 34.4. The van der Waals surface area contributed by atoms with Gasteiger partial charge in [0.1, 0.15) is 23.4 Å². The summed E-state index contributed by atoms with van der Waals surface area (Å²) in [6, 6.07) is 6.65. The fourth-order valence-electron chi connectivity index (χ4n) is 3.64. The molecule has 4 heterocycles. The van der Waals surface area contributed by atoms with Crippen molar-refractivity contribution in [3.05, 3.63) is 42.1 Å². The number of aliphatic hydroxyl groups is 1. The highest BCUT2D eigenvalue weighted by molar-refractivity contribution is 7.91. The number of carbonyl (C=O) groups excluding carboxylic acids is 1. The lowest BCUT2D eigenvalue weighted by Gasteiger charge is -2.38. The molecule has 1 atom stereocenters. The zero-order valence-corrected chi connectivity index (χ0v) is 20.2. The summed E-state index contributed by atoms with van der Waals surface area (Å²) in [6.07, 6.45) is 0.686. The lowest BCUT2D eigenvalue weighted by Crippen LogP contribution is -3.17. The summed E-state index contributed by atoms with van der Waals surface area (Å²) in [6.45, 7) is 11.2. The summed E-state index contributed by atoms with van der Waals surface area (Å²) in [4.78, 5) is 19.4. The van der Waals surface area contributed by atoms with Crippen molar-refractivity contribution in [2.75, 3.05) is 51.6 Å². The molecule has 5 rings (SSSR count). The summed E-state index contributed by atoms with van der Waals surface area (Å²) in [5, 5.41) is 20.1. The number of carboxylic acid groups (broad SMARTS) is 1. The van der Waals surface area contributed by atoms with Gasteiger partial charge in [-0.1, -0.05) is 6.92 Å². The van der Waals surface area contributed by atoms with Crippen molar-refractivity contribution in [3.63, 3.8) is 0 Å². The first-order chi connectivity index (χ1) is 16.2. The highest BCUT2D eigenvalue weighted by atomic mass is 32.2. The number of nitrogens with zero attached hydrogens (tertiary/aromatic N) is 2. The number of carbonyl (C=O) groups is 1. The third-order valence-corrected chi connectivity index (χ3v) is 7.34. The lowest BCUT2D eigenvalue weighted by molar-refractivity contribution is -0.914. The van der Waals surface area contributed by atoms with Gasteiger partial charge in [0.25, 0.3) is 0 Å². The van der Waals surface area contributed by atoms with Gasteiger partial charge in [-0.25, -0.2) is 13.4 Å². The number of nitrogens with one attached hydrogen (secondary N) is 1. The average molecular weight is 494 g/mol. The van der Waals surface area contributed by atoms with Crippen LogP contribution in [-0.4, -0.2) is 87.1 Å². The molecule has 186 valence electrons. The van der Waals surface area contributed by atoms with Crippen LogP contribution in [0.3, 0.4) is 0 Å². The van der Waals surface area contributed by atoms with E-state index < -0.39 is 21.9 Å². The molecule has 10 nitrogen and oxygen atoms in total. The first kappa shape index (κ1) is 25.9. The third-order valence-electron chi connectivity index (χ3n) is 5.70. The van der Waals surface area contributed by atoms with E-state index in [1.807, 2.05) is 4.90 Å². The topological polar surface area (TPSA) is 134 Å². The normalized spacial score (nSPS) is 20.1. The molecule has 2 bridgehead atoms. The molecule has 3 fully saturated rings. The molecule has 3 aliphatic rings. The maximum atomic E-state index is 11.8. The Hall–Kier alpha value is -2.73. The van der Waals surface area contributed by atoms with E-state index in [0.717, 1.165) is 0 Å². The molecule has 0 amide bonds. The molecule has 11 heteroatoms. The van der Waals surface area contributed by atoms with Crippen molar-refractivity contribution in [2.45, 2.75) is 25.0 Å². The summed E-state index contributed by atoms with van der Waals surface area (Å²) in [7, 11) is -3.43. The molecule has 0 spiro atoms. The molecule has 1 aromatic heterocycles. The van der Waals surface area contributed by atoms with Gasteiger partial charge in [0.15, 0.2) is 14.9 Å². The largest absolute Gasteiger partial charge is 0.545 e. The Bertz CT molecular complexity index is 1050. The van der Waals surface area contributed by atoms with Gasteiger partial charge in [-0.05, 0) is 31.2 Å². The molecule has 34 heavy (non-hydrogen) atoms. The highest BCUT2D eigenvalue weighted by Crippen LogP contribution is 2.28. The van der Waals surface area contributed by atoms with Crippen LogP contribution in [0.15, 0.2) is 41.6 Å². The first-order valence-electron chi connectivity index (χ1n) is 11.3. The molecule has 1 aromatic carbocycles. The highest BCUT2D eigenvalue weighted by Gasteiger charge is 2.25. The van der Waals surface area contributed by atoms with Gasteiger partial charge in [0, 0.05) is 31.3 Å². The Morgan fingerprint density at radius 3 is 2.24 bits per heavy atom. The maximum Gasteiger partial charge on any atom is 0.195 e. The van der Waals surface area contributed by atoms with Gasteiger partial charge in [-0.2, -0.15) is 0 Å². The first-order valence-corrected chi connectivity index (χ1v) is 12.9. The van der Waals surface area contributed by atoms with Crippen molar-refractivity contribution in [3.8, 4) is 17.2 Å². The van der Waals surface area contributed by atoms with Crippen LogP contribution < -0.4 is 19.5 Å². The van der Waals surface area contributed by atoms with Crippen LogP contribution in [0.1, 0.15) is 24.2 Å². The molecule has 2 aromatic rings. The third kappa shape index (κ3) is 7.13. The van der Waals surface area contributed by atoms with E-state index in [9.17, 15) is 18.3 Å². The van der Waals surface area contributed by atoms with E-state index in [1.54, 1.807) is 6.92 Å². The molecule has 0 saturated carbocycles. The standard InChI is InChI=1S/C17H19NO7S.C6H12N2/c1-3-26(22,23)16-5-4-13(9-18-16)25-15-7-12(17(20)21)6-14(8-15)24-11(2)10-19;1-2-8-5-3-7(1)4-6-8/h4-9,11,19H,3,10H2,1-2H3,(H,20,21);1-6H2. The SMILES string of the molecule is C1C[NH+]2CCN1CC2.CCS(=O)(=O)c1ccc(Oc2cc(OC(C)CO)cc(C(=O)[O-])c2)cn1. The fourth-order valence-corrected chi connectivity index (χ4v) is 4.42. The van der Waals surface area contributed by atoms with Crippen LogP contribution in [0.4, 0.5) is 0 Å². The number of rotatable bonds is 8. The van der Waals surface area contributed by atoms with E-state index in [4.69, 9.17) is 14.6 Å². The molecule has 3 saturated heterocycles. The van der Waals surface area contributed by atoms with Gasteiger partial charge >= 0.3 is 0 Å². The van der Waals surface area contributed by atoms with Crippen LogP contribution in [0.25, 0.3) is 0 Å². The number of quaternary nitrogens is 1. The van der Waals surface area contributed by atoms with Gasteiger partial charge in [-0.15, -0.1) is 0 Å². The Labute approximate surface area is 199 Å². The smallest absolute Gasteiger partial charge is 0.195 e. The van der Waals surface area contributed by atoms with Crippen molar-refractivity contribution >= 4 is 15.8 Å². The minimum Gasteiger partial charge on any atom is -0.545 e. The zero-order valence-electron chi connectivity index (χ0n) is 19.4. The number of pyridine rings is 1. The number of hydrogen-bond donors (Lipinski definition) is 2. The van der Waals surface area contributed by atoms with Crippen LogP contribution in [-0.2, 0) is 9.84 Å². The second-order valence-electron chi connectivity index (χ2n) is 8.27. The zero-order chi connectivity index (χ0) is 24.7. The number of hydrogen-bond acceptors (Lipinski definition) is 9. The number of aliphatic hydroxyl groups excluding tert-OH is 1. The molecule has 1 unspecified atom stereocenters. The minimum absolute atomic E-state index is 0.0718. The second-order valence-corrected chi connectivity index (χ2v) is 10.5. The van der Waals surface area contributed by atoms with Crippen molar-refractivity contribution < 1.29 is 37.8 Å². The van der Waals surface area contributed by atoms with E-state index in [0.29, 0.717) is 0 Å². The lowest BCUT2D eigenvalue weighted by atomic mass is 10.2. The number of aromatic nitrogens is 1. The molecular formula is C23H31N3O7S. The van der Waals surface area contributed by atoms with Crippen LogP contribution in [0.5, 0.6) is 17.2 Å². The summed E-state index contributed by atoms with van der Waals surface area (Å²) >= 11 is 0. The molecule has 0 aliphatic carbocycles. The van der Waals surface area contributed by atoms with E-state index in [2.05, 4.69) is 9.88 Å². The van der Waals surface area contributed by atoms with Crippen LogP contribution in [0.2, 0.25) is 0 Å². The molecule has 3 aliphatic heterocycles. The monoisotopic (exact) mass is 493 g/mol. The maximum absolute atomic E-state index is 11.8. The van der Waals surface area contributed by atoms with E-state index in [1.165, 1.54) is 82.7 Å². The number of piperazine rings is 3. The number of aromatic carboxylic acids is 1. The predicted octanol–water partition coefficient (Wildman–Crippen LogP) is -1.01. The van der Waals surface area contributed by atoms with E-state index in [-0.39, 0.29) is 40.2 Å². The second kappa shape index (κ2) is 11.6. The van der Waals surface area contributed by atoms with Gasteiger partial charge < -0.3 is 29.4 Å². The fraction of sp³-hybridized carbons (Fsp3) is 0.478. The van der Waals surface area contributed by atoms with Gasteiger partial charge in [0.2, 0.25) is 0 Å². The Morgan fingerprint density at radius 2 is 1.79 bits per heavy atom. The van der Waals surface area contributed by atoms with Crippen LogP contribution >= 0.6 is 0 Å². The minimum atomic E-state index is -3.43. The Balaban J connectivity index is 0.000000335. The number of benzene rings is 1. The molecule has 0 radical (unpaired) electrons. The van der Waals surface area contributed by atoms with Crippen molar-refractivity contribution in [1.29, 1.82) is 0 Å². The summed E-state index contributed by atoms with van der Waals surface area (Å²) in [5.41, 5.74) is -0.166. The van der Waals surface area contributed by atoms with E-state index >= 15 is 0 Å². The number of sulfone groups is 1. The predicted molar refractivity (Wildman–Crippen MR) is 122 cm³/mol. The number of fused-ring (bicyclic) bond motifs is 3. The van der Waals surface area contributed by atoms with Crippen LogP contribution in [0, 0.1) is 0 Å². The average Bonchev–Trinajstić information content (AvgIpc) is 2.85. The molecular weight excluding hydrogens is 462 g/mol. The number of carboxylic acids is 1. The Morgan fingerprint density at radius 1 is 1.15 bits per heavy atom. The molecule has 2 N–H and O–H groups in total. The summed E-state index contributed by atoms with van der Waals surface area (Å²) in [5.74, 6) is -0.949. The Kier molecular flexibility index (Phi) is 8.84. The van der Waals surface area contributed by atoms with Gasteiger partial charge in [-0.3, -0.25) is 4.90 Å². The quantitative estimate of drug-likeness (QED) is 0.474. The van der Waals surface area contributed by atoms with Gasteiger partial charge in [0.05, 0.1) is 44.2 Å². The van der Waals surface area contributed by atoms with Crippen molar-refractivity contribution in [2.24, 2.45) is 0 Å². The van der Waals surface area contributed by atoms with Crippen molar-refractivity contribution in [1.82, 2.24) is 9.88 Å². The number of ether oxygens (including phenoxy) is 2.